The van der Waals surface area contributed by atoms with Crippen molar-refractivity contribution in [1.82, 2.24) is 4.98 Å². The lowest BCUT2D eigenvalue weighted by atomic mass is 10.1. The van der Waals surface area contributed by atoms with E-state index >= 15 is 0 Å². The van der Waals surface area contributed by atoms with E-state index in [1.165, 1.54) is 0 Å². The number of amides is 1. The Morgan fingerprint density at radius 1 is 1.42 bits per heavy atom. The molecule has 0 atom stereocenters. The molecule has 1 aromatic carbocycles. The van der Waals surface area contributed by atoms with E-state index in [4.69, 9.17) is 10.5 Å². The molecule has 0 radical (unpaired) electrons. The van der Waals surface area contributed by atoms with Crippen molar-refractivity contribution in [3.05, 3.63) is 57.8 Å². The summed E-state index contributed by atoms with van der Waals surface area (Å²) in [5, 5.41) is 0. The highest BCUT2D eigenvalue weighted by atomic mass is 79.9. The van der Waals surface area contributed by atoms with E-state index in [0.717, 1.165) is 11.1 Å². The van der Waals surface area contributed by atoms with Crippen LogP contribution in [0.1, 0.15) is 21.5 Å². The topological polar surface area (TPSA) is 65.2 Å². The third-order valence-corrected chi connectivity index (χ3v) is 3.33. The summed E-state index contributed by atoms with van der Waals surface area (Å²) in [6.07, 6.45) is 1.68. The lowest BCUT2D eigenvalue weighted by Gasteiger charge is -2.10. The lowest BCUT2D eigenvalue weighted by Crippen LogP contribution is -2.11. The fourth-order valence-corrected chi connectivity index (χ4v) is 2.01. The Bertz CT molecular complexity index is 614. The molecular weight excluding hydrogens is 308 g/mol. The van der Waals surface area contributed by atoms with Gasteiger partial charge in [0.05, 0.1) is 0 Å². The first-order valence-electron chi connectivity index (χ1n) is 5.70. The standard InChI is InChI=1S/C14H13BrN2O2/c1-9-7-10(14(16)18)4-5-11(9)8-19-12-3-2-6-17-13(12)15/h2-7H,8H2,1H3,(H2,16,18). The Hall–Kier alpha value is -1.88. The smallest absolute Gasteiger partial charge is 0.248 e. The minimum Gasteiger partial charge on any atom is -0.486 e. The van der Waals surface area contributed by atoms with Crippen LogP contribution in [0.5, 0.6) is 5.75 Å². The maximum atomic E-state index is 11.1. The molecule has 1 amide bonds. The summed E-state index contributed by atoms with van der Waals surface area (Å²) in [7, 11) is 0. The number of hydrogen-bond donors (Lipinski definition) is 1. The highest BCUT2D eigenvalue weighted by molar-refractivity contribution is 9.10. The molecule has 0 bridgehead atoms. The van der Waals surface area contributed by atoms with Crippen molar-refractivity contribution in [2.24, 2.45) is 5.73 Å². The van der Waals surface area contributed by atoms with Crippen LogP contribution in [0.2, 0.25) is 0 Å². The van der Waals surface area contributed by atoms with E-state index in [9.17, 15) is 4.79 Å². The van der Waals surface area contributed by atoms with Crippen molar-refractivity contribution >= 4 is 21.8 Å². The van der Waals surface area contributed by atoms with E-state index in [-0.39, 0.29) is 0 Å². The minimum absolute atomic E-state index is 0.412. The van der Waals surface area contributed by atoms with E-state index in [2.05, 4.69) is 20.9 Å². The maximum Gasteiger partial charge on any atom is 0.248 e. The van der Waals surface area contributed by atoms with Gasteiger partial charge in [-0.25, -0.2) is 4.98 Å². The molecule has 2 rings (SSSR count). The first-order valence-corrected chi connectivity index (χ1v) is 6.50. The third-order valence-electron chi connectivity index (χ3n) is 2.74. The highest BCUT2D eigenvalue weighted by Crippen LogP contribution is 2.23. The normalized spacial score (nSPS) is 10.2. The predicted octanol–water partition coefficient (Wildman–Crippen LogP) is 2.83. The maximum absolute atomic E-state index is 11.1. The van der Waals surface area contributed by atoms with Gasteiger partial charge in [-0.1, -0.05) is 6.07 Å². The van der Waals surface area contributed by atoms with Gasteiger partial charge in [0, 0.05) is 11.8 Å². The van der Waals surface area contributed by atoms with Crippen molar-refractivity contribution in [3.63, 3.8) is 0 Å². The molecule has 0 saturated carbocycles. The number of nitrogens with zero attached hydrogens (tertiary/aromatic N) is 1. The summed E-state index contributed by atoms with van der Waals surface area (Å²) in [4.78, 5) is 15.1. The molecule has 2 aromatic rings. The van der Waals surface area contributed by atoms with Gasteiger partial charge >= 0.3 is 0 Å². The molecule has 1 aromatic heterocycles. The molecule has 0 fully saturated rings. The summed E-state index contributed by atoms with van der Waals surface area (Å²) in [5.74, 6) is 0.256. The van der Waals surface area contributed by atoms with Gasteiger partial charge in [-0.3, -0.25) is 4.79 Å². The second kappa shape index (κ2) is 5.84. The van der Waals surface area contributed by atoms with Crippen molar-refractivity contribution in [2.45, 2.75) is 13.5 Å². The van der Waals surface area contributed by atoms with Crippen LogP contribution < -0.4 is 10.5 Å². The number of benzene rings is 1. The van der Waals surface area contributed by atoms with Crippen LogP contribution in [0.15, 0.2) is 41.1 Å². The number of rotatable bonds is 4. The van der Waals surface area contributed by atoms with Gasteiger partial charge in [0.2, 0.25) is 5.91 Å². The average molecular weight is 321 g/mol. The quantitative estimate of drug-likeness (QED) is 0.881. The van der Waals surface area contributed by atoms with Gasteiger partial charge in [0.25, 0.3) is 0 Å². The number of aryl methyl sites for hydroxylation is 1. The molecule has 0 aliphatic carbocycles. The number of aromatic nitrogens is 1. The molecule has 0 unspecified atom stereocenters. The fourth-order valence-electron chi connectivity index (χ4n) is 1.65. The number of pyridine rings is 1. The zero-order valence-electron chi connectivity index (χ0n) is 10.4. The number of carbonyl (C=O) groups is 1. The predicted molar refractivity (Wildman–Crippen MR) is 76.0 cm³/mol. The van der Waals surface area contributed by atoms with Crippen LogP contribution >= 0.6 is 15.9 Å². The third kappa shape index (κ3) is 3.32. The van der Waals surface area contributed by atoms with Crippen LogP contribution in [-0.2, 0) is 6.61 Å². The molecule has 0 spiro atoms. The molecule has 2 N–H and O–H groups in total. The molecular formula is C14H13BrN2O2. The van der Waals surface area contributed by atoms with Crippen molar-refractivity contribution in [1.29, 1.82) is 0 Å². The summed E-state index contributed by atoms with van der Waals surface area (Å²) in [6, 6.07) is 8.96. The van der Waals surface area contributed by atoms with Crippen LogP contribution in [0.25, 0.3) is 0 Å². The van der Waals surface area contributed by atoms with E-state index in [1.54, 1.807) is 18.3 Å². The number of primary amides is 1. The van der Waals surface area contributed by atoms with Crippen LogP contribution in [0.3, 0.4) is 0 Å². The van der Waals surface area contributed by atoms with Crippen molar-refractivity contribution in [3.8, 4) is 5.75 Å². The van der Waals surface area contributed by atoms with E-state index < -0.39 is 5.91 Å². The minimum atomic E-state index is -0.425. The van der Waals surface area contributed by atoms with Gasteiger partial charge in [-0.15, -0.1) is 0 Å². The van der Waals surface area contributed by atoms with Gasteiger partial charge in [-0.2, -0.15) is 0 Å². The van der Waals surface area contributed by atoms with E-state index in [1.807, 2.05) is 25.1 Å². The van der Waals surface area contributed by atoms with Crippen molar-refractivity contribution < 1.29 is 9.53 Å². The van der Waals surface area contributed by atoms with Crippen LogP contribution in [0, 0.1) is 6.92 Å². The van der Waals surface area contributed by atoms with Gasteiger partial charge in [0.1, 0.15) is 11.2 Å². The number of hydrogen-bond acceptors (Lipinski definition) is 3. The summed E-state index contributed by atoms with van der Waals surface area (Å²) < 4.78 is 6.35. The van der Waals surface area contributed by atoms with Crippen molar-refractivity contribution in [2.75, 3.05) is 0 Å². The highest BCUT2D eigenvalue weighted by Gasteiger charge is 2.06. The Labute approximate surface area is 119 Å². The molecule has 19 heavy (non-hydrogen) atoms. The second-order valence-electron chi connectivity index (χ2n) is 4.09. The average Bonchev–Trinajstić information content (AvgIpc) is 2.39. The first-order chi connectivity index (χ1) is 9.08. The van der Waals surface area contributed by atoms with E-state index in [0.29, 0.717) is 22.5 Å². The Morgan fingerprint density at radius 2 is 2.21 bits per heavy atom. The molecule has 0 aliphatic heterocycles. The monoisotopic (exact) mass is 320 g/mol. The molecule has 4 nitrogen and oxygen atoms in total. The Kier molecular flexibility index (Phi) is 4.16. The molecule has 0 saturated heterocycles. The Morgan fingerprint density at radius 3 is 2.84 bits per heavy atom. The lowest BCUT2D eigenvalue weighted by molar-refractivity contribution is 0.1000. The Balaban J connectivity index is 2.12. The zero-order valence-corrected chi connectivity index (χ0v) is 12.0. The largest absolute Gasteiger partial charge is 0.486 e. The number of halogens is 1. The number of ether oxygens (including phenoxy) is 1. The van der Waals surface area contributed by atoms with Crippen LogP contribution in [0.4, 0.5) is 0 Å². The molecule has 0 aliphatic rings. The summed E-state index contributed by atoms with van der Waals surface area (Å²) in [5.41, 5.74) is 7.71. The SMILES string of the molecule is Cc1cc(C(N)=O)ccc1COc1cccnc1Br. The van der Waals surface area contributed by atoms with Gasteiger partial charge < -0.3 is 10.5 Å². The molecule has 1 heterocycles. The number of nitrogens with two attached hydrogens (primary N) is 1. The first kappa shape index (κ1) is 13.5. The van der Waals surface area contributed by atoms with Crippen LogP contribution in [-0.4, -0.2) is 10.9 Å². The van der Waals surface area contributed by atoms with Gasteiger partial charge in [-0.05, 0) is 58.2 Å². The molecule has 5 heteroatoms. The zero-order chi connectivity index (χ0) is 13.8. The second-order valence-corrected chi connectivity index (χ2v) is 4.84. The molecule has 98 valence electrons. The number of carbonyl (C=O) groups excluding carboxylic acids is 1. The van der Waals surface area contributed by atoms with Gasteiger partial charge in [0.15, 0.2) is 5.75 Å². The summed E-state index contributed by atoms with van der Waals surface area (Å²) in [6.45, 7) is 2.33. The summed E-state index contributed by atoms with van der Waals surface area (Å²) >= 11 is 3.32. The fraction of sp³-hybridized carbons (Fsp3) is 0.143.